The Balaban J connectivity index is 2.19. The van der Waals surface area contributed by atoms with Crippen molar-refractivity contribution in [1.82, 2.24) is 4.98 Å². The molecule has 2 rings (SSSR count). The molecule has 88 valence electrons. The molecule has 1 saturated carbocycles. The lowest BCUT2D eigenvalue weighted by Crippen LogP contribution is -2.21. The third kappa shape index (κ3) is 2.61. The highest BCUT2D eigenvalue weighted by atomic mass is 35.5. The van der Waals surface area contributed by atoms with Gasteiger partial charge in [0.2, 0.25) is 0 Å². The summed E-state index contributed by atoms with van der Waals surface area (Å²) < 4.78 is 0. The average molecular weight is 259 g/mol. The lowest BCUT2D eigenvalue weighted by Gasteiger charge is -2.20. The number of aromatic nitrogens is 1. The molecule has 16 heavy (non-hydrogen) atoms. The van der Waals surface area contributed by atoms with E-state index in [4.69, 9.17) is 23.2 Å². The Hall–Kier alpha value is -0.470. The van der Waals surface area contributed by atoms with Crippen LogP contribution in [0.25, 0.3) is 0 Å². The average Bonchev–Trinajstić information content (AvgIpc) is 3.00. The van der Waals surface area contributed by atoms with Gasteiger partial charge in [-0.2, -0.15) is 0 Å². The molecule has 1 aromatic rings. The predicted molar refractivity (Wildman–Crippen MR) is 69.4 cm³/mol. The second kappa shape index (κ2) is 4.80. The minimum atomic E-state index is 0.451. The first-order chi connectivity index (χ1) is 7.61. The van der Waals surface area contributed by atoms with Crippen LogP contribution in [0, 0.1) is 12.8 Å². The summed E-state index contributed by atoms with van der Waals surface area (Å²) in [5, 5.41) is 4.43. The molecule has 0 aromatic carbocycles. The Morgan fingerprint density at radius 1 is 1.50 bits per heavy atom. The van der Waals surface area contributed by atoms with Crippen LogP contribution in [0.5, 0.6) is 0 Å². The van der Waals surface area contributed by atoms with Crippen LogP contribution in [0.15, 0.2) is 6.07 Å². The number of rotatable bonds is 4. The highest BCUT2D eigenvalue weighted by Crippen LogP contribution is 2.37. The summed E-state index contributed by atoms with van der Waals surface area (Å²) in [4.78, 5) is 4.07. The lowest BCUT2D eigenvalue weighted by atomic mass is 10.1. The molecular formula is C12H16Cl2N2. The largest absolute Gasteiger partial charge is 0.379 e. The van der Waals surface area contributed by atoms with Crippen LogP contribution in [-0.4, -0.2) is 11.0 Å². The first-order valence-electron chi connectivity index (χ1n) is 5.71. The number of nitrogens with zero attached hydrogens (tertiary/aromatic N) is 1. The maximum atomic E-state index is 6.10. The van der Waals surface area contributed by atoms with E-state index < -0.39 is 0 Å². The number of halogens is 2. The van der Waals surface area contributed by atoms with Crippen molar-refractivity contribution < 1.29 is 0 Å². The van der Waals surface area contributed by atoms with Gasteiger partial charge in [-0.05, 0) is 43.7 Å². The molecule has 0 saturated heterocycles. The van der Waals surface area contributed by atoms with Gasteiger partial charge in [0.15, 0.2) is 5.15 Å². The van der Waals surface area contributed by atoms with E-state index in [1.807, 2.05) is 13.0 Å². The minimum Gasteiger partial charge on any atom is -0.379 e. The molecule has 1 fully saturated rings. The van der Waals surface area contributed by atoms with Gasteiger partial charge < -0.3 is 5.32 Å². The van der Waals surface area contributed by atoms with Gasteiger partial charge in [-0.1, -0.05) is 30.1 Å². The van der Waals surface area contributed by atoms with Crippen molar-refractivity contribution in [1.29, 1.82) is 0 Å². The molecule has 0 spiro atoms. The Labute approximate surface area is 106 Å². The first kappa shape index (κ1) is 12.0. The fraction of sp³-hybridized carbons (Fsp3) is 0.583. The Morgan fingerprint density at radius 3 is 2.69 bits per heavy atom. The Morgan fingerprint density at radius 2 is 2.19 bits per heavy atom. The Bertz CT molecular complexity index is 366. The van der Waals surface area contributed by atoms with E-state index in [1.165, 1.54) is 12.8 Å². The molecule has 4 heteroatoms. The summed E-state index contributed by atoms with van der Waals surface area (Å²) in [6.45, 7) is 4.20. The van der Waals surface area contributed by atoms with Crippen LogP contribution in [0.1, 0.15) is 31.7 Å². The SMILES string of the molecule is CCC(Nc1c(C)cc(Cl)nc1Cl)C1CC1. The van der Waals surface area contributed by atoms with Crippen molar-refractivity contribution in [3.63, 3.8) is 0 Å². The monoisotopic (exact) mass is 258 g/mol. The van der Waals surface area contributed by atoms with Gasteiger partial charge in [-0.3, -0.25) is 0 Å². The third-order valence-electron chi connectivity index (χ3n) is 3.10. The van der Waals surface area contributed by atoms with Gasteiger partial charge in [0.05, 0.1) is 5.69 Å². The van der Waals surface area contributed by atoms with E-state index in [0.29, 0.717) is 16.3 Å². The van der Waals surface area contributed by atoms with Crippen molar-refractivity contribution in [3.05, 3.63) is 21.9 Å². The zero-order chi connectivity index (χ0) is 11.7. The standard InChI is InChI=1S/C12H16Cl2N2/c1-3-9(8-4-5-8)15-11-7(2)6-10(13)16-12(11)14/h6,8-9,15H,3-5H2,1-2H3. The zero-order valence-corrected chi connectivity index (χ0v) is 11.1. The summed E-state index contributed by atoms with van der Waals surface area (Å²) in [7, 11) is 0. The van der Waals surface area contributed by atoms with E-state index in [2.05, 4.69) is 17.2 Å². The number of hydrogen-bond donors (Lipinski definition) is 1. The summed E-state index contributed by atoms with van der Waals surface area (Å²) in [5.74, 6) is 0.802. The van der Waals surface area contributed by atoms with Crippen LogP contribution in [0.2, 0.25) is 10.3 Å². The predicted octanol–water partition coefficient (Wildman–Crippen LogP) is 4.30. The molecule has 1 aliphatic carbocycles. The minimum absolute atomic E-state index is 0.451. The van der Waals surface area contributed by atoms with Gasteiger partial charge in [0.25, 0.3) is 0 Å². The molecule has 1 unspecified atom stereocenters. The number of anilines is 1. The van der Waals surface area contributed by atoms with Crippen molar-refractivity contribution >= 4 is 28.9 Å². The second-order valence-electron chi connectivity index (χ2n) is 4.42. The van der Waals surface area contributed by atoms with Gasteiger partial charge in [-0.15, -0.1) is 0 Å². The molecule has 1 aliphatic rings. The number of nitrogens with one attached hydrogen (secondary N) is 1. The lowest BCUT2D eigenvalue weighted by molar-refractivity contribution is 0.616. The van der Waals surface area contributed by atoms with Gasteiger partial charge in [0, 0.05) is 6.04 Å². The first-order valence-corrected chi connectivity index (χ1v) is 6.46. The normalized spacial score (nSPS) is 17.2. The van der Waals surface area contributed by atoms with Crippen LogP contribution >= 0.6 is 23.2 Å². The third-order valence-corrected chi connectivity index (χ3v) is 3.57. The van der Waals surface area contributed by atoms with E-state index >= 15 is 0 Å². The molecule has 0 bridgehead atoms. The highest BCUT2D eigenvalue weighted by Gasteiger charge is 2.30. The topological polar surface area (TPSA) is 24.9 Å². The molecule has 1 atom stereocenters. The zero-order valence-electron chi connectivity index (χ0n) is 9.56. The molecule has 1 heterocycles. The summed E-state index contributed by atoms with van der Waals surface area (Å²) in [6, 6.07) is 2.36. The van der Waals surface area contributed by atoms with Crippen molar-refractivity contribution in [2.45, 2.75) is 39.2 Å². The van der Waals surface area contributed by atoms with E-state index in [-0.39, 0.29) is 0 Å². The molecule has 0 aliphatic heterocycles. The van der Waals surface area contributed by atoms with E-state index in [0.717, 1.165) is 23.6 Å². The van der Waals surface area contributed by atoms with Crippen LogP contribution in [-0.2, 0) is 0 Å². The molecule has 2 nitrogen and oxygen atoms in total. The molecule has 0 amide bonds. The Kier molecular flexibility index (Phi) is 3.60. The molecular weight excluding hydrogens is 243 g/mol. The fourth-order valence-electron chi connectivity index (χ4n) is 2.01. The van der Waals surface area contributed by atoms with Crippen molar-refractivity contribution in [2.75, 3.05) is 5.32 Å². The fourth-order valence-corrected chi connectivity index (χ4v) is 2.59. The van der Waals surface area contributed by atoms with Crippen LogP contribution < -0.4 is 5.32 Å². The highest BCUT2D eigenvalue weighted by molar-refractivity contribution is 6.34. The van der Waals surface area contributed by atoms with E-state index in [1.54, 1.807) is 0 Å². The van der Waals surface area contributed by atoms with Gasteiger partial charge in [0.1, 0.15) is 5.15 Å². The van der Waals surface area contributed by atoms with Crippen LogP contribution in [0.3, 0.4) is 0 Å². The van der Waals surface area contributed by atoms with Gasteiger partial charge >= 0.3 is 0 Å². The number of hydrogen-bond acceptors (Lipinski definition) is 2. The molecule has 1 aromatic heterocycles. The smallest absolute Gasteiger partial charge is 0.154 e. The molecule has 1 N–H and O–H groups in total. The van der Waals surface area contributed by atoms with Crippen molar-refractivity contribution in [3.8, 4) is 0 Å². The maximum absolute atomic E-state index is 6.10. The number of pyridine rings is 1. The van der Waals surface area contributed by atoms with Gasteiger partial charge in [-0.25, -0.2) is 4.98 Å². The summed E-state index contributed by atoms with van der Waals surface area (Å²) >= 11 is 11.9. The van der Waals surface area contributed by atoms with Crippen molar-refractivity contribution in [2.24, 2.45) is 5.92 Å². The summed E-state index contributed by atoms with van der Waals surface area (Å²) in [5.41, 5.74) is 1.99. The second-order valence-corrected chi connectivity index (χ2v) is 5.17. The maximum Gasteiger partial charge on any atom is 0.154 e. The number of aryl methyl sites for hydroxylation is 1. The molecule has 0 radical (unpaired) electrons. The van der Waals surface area contributed by atoms with Crippen LogP contribution in [0.4, 0.5) is 5.69 Å². The quantitative estimate of drug-likeness (QED) is 0.815. The van der Waals surface area contributed by atoms with E-state index in [9.17, 15) is 0 Å². The summed E-state index contributed by atoms with van der Waals surface area (Å²) in [6.07, 6.45) is 3.76.